The van der Waals surface area contributed by atoms with E-state index < -0.39 is 0 Å². The maximum absolute atomic E-state index is 14.0. The molecule has 0 bridgehead atoms. The highest BCUT2D eigenvalue weighted by Gasteiger charge is 2.30. The van der Waals surface area contributed by atoms with Gasteiger partial charge in [0.25, 0.3) is 5.91 Å². The maximum Gasteiger partial charge on any atom is 0.276 e. The van der Waals surface area contributed by atoms with Crippen molar-refractivity contribution in [1.82, 2.24) is 9.97 Å². The van der Waals surface area contributed by atoms with Crippen LogP contribution in [0, 0.1) is 5.92 Å². The Hall–Kier alpha value is -3.88. The lowest BCUT2D eigenvalue weighted by molar-refractivity contribution is 0.0972. The molecule has 1 amide bonds. The Balaban J connectivity index is 1.17. The molecule has 4 aromatic rings. The number of ether oxygens (including phenoxy) is 1. The van der Waals surface area contributed by atoms with Crippen LogP contribution < -0.4 is 9.80 Å². The first-order valence-corrected chi connectivity index (χ1v) is 15.3. The van der Waals surface area contributed by atoms with Crippen molar-refractivity contribution < 1.29 is 14.3 Å². The van der Waals surface area contributed by atoms with Crippen LogP contribution in [0.15, 0.2) is 66.9 Å². The summed E-state index contributed by atoms with van der Waals surface area (Å²) < 4.78 is 5.60. The number of carbonyl (C=O) groups is 2. The molecular formula is C33H32N4O3S. The van der Waals surface area contributed by atoms with Gasteiger partial charge in [-0.1, -0.05) is 24.3 Å². The number of anilines is 2. The van der Waals surface area contributed by atoms with Crippen molar-refractivity contribution in [2.75, 3.05) is 42.6 Å². The minimum absolute atomic E-state index is 0.126. The van der Waals surface area contributed by atoms with Crippen LogP contribution in [0.3, 0.4) is 0 Å². The predicted molar refractivity (Wildman–Crippen MR) is 162 cm³/mol. The van der Waals surface area contributed by atoms with Gasteiger partial charge in [0.1, 0.15) is 11.5 Å². The molecule has 0 atom stereocenters. The van der Waals surface area contributed by atoms with Crippen molar-refractivity contribution in [1.29, 1.82) is 0 Å². The number of pyridine rings is 2. The molecule has 2 aliphatic heterocycles. The van der Waals surface area contributed by atoms with E-state index in [-0.39, 0.29) is 11.7 Å². The van der Waals surface area contributed by atoms with Gasteiger partial charge in [-0.15, -0.1) is 11.3 Å². The molecule has 0 radical (unpaired) electrons. The molecule has 41 heavy (non-hydrogen) atoms. The van der Waals surface area contributed by atoms with E-state index in [0.717, 1.165) is 69.8 Å². The Bertz CT molecular complexity index is 1600. The van der Waals surface area contributed by atoms with Crippen LogP contribution in [0.2, 0.25) is 0 Å². The number of carbonyl (C=O) groups excluding carboxylic acids is 2. The van der Waals surface area contributed by atoms with Crippen molar-refractivity contribution >= 4 is 34.5 Å². The molecule has 7 nitrogen and oxygen atoms in total. The standard InChI is InChI=1S/C33H32N4O3S/c38-29(19-22-9-10-22)30-20-24-12-15-37(28-8-2-1-5-25(28)32(24)41-30)33(39)27-7-3-6-26(35-27)23-11-13-34-31(21-23)36-14-4-17-40-18-16-36/h1-3,5-8,11,13,20-22H,4,9-10,12,14-19H2. The van der Waals surface area contributed by atoms with Crippen LogP contribution in [-0.4, -0.2) is 54.5 Å². The second kappa shape index (κ2) is 11.2. The number of amides is 1. The van der Waals surface area contributed by atoms with Crippen LogP contribution >= 0.6 is 11.3 Å². The number of fused-ring (bicyclic) bond motifs is 3. The first-order chi connectivity index (χ1) is 20.1. The van der Waals surface area contributed by atoms with E-state index in [2.05, 4.69) is 22.0 Å². The molecule has 0 N–H and O–H groups in total. The lowest BCUT2D eigenvalue weighted by atomic mass is 10.1. The first kappa shape index (κ1) is 26.0. The number of rotatable bonds is 6. The van der Waals surface area contributed by atoms with Gasteiger partial charge in [-0.2, -0.15) is 0 Å². The number of nitrogens with zero attached hydrogens (tertiary/aromatic N) is 4. The third kappa shape index (κ3) is 5.42. The van der Waals surface area contributed by atoms with Crippen molar-refractivity contribution in [3.8, 4) is 21.7 Å². The van der Waals surface area contributed by atoms with Gasteiger partial charge in [0, 0.05) is 54.9 Å². The number of thiophene rings is 1. The Morgan fingerprint density at radius 3 is 2.78 bits per heavy atom. The molecule has 0 spiro atoms. The largest absolute Gasteiger partial charge is 0.380 e. The fraction of sp³-hybridized carbons (Fsp3) is 0.333. The Kier molecular flexibility index (Phi) is 7.10. The molecule has 3 aromatic heterocycles. The van der Waals surface area contributed by atoms with Gasteiger partial charge in [-0.3, -0.25) is 9.59 Å². The predicted octanol–water partition coefficient (Wildman–Crippen LogP) is 6.28. The zero-order valence-electron chi connectivity index (χ0n) is 22.9. The molecule has 3 aliphatic rings. The molecule has 1 aliphatic carbocycles. The number of Topliss-reactive ketones (excluding diaryl/α,β-unsaturated/α-hetero) is 1. The van der Waals surface area contributed by atoms with Gasteiger partial charge < -0.3 is 14.5 Å². The van der Waals surface area contributed by atoms with Crippen LogP contribution in [0.4, 0.5) is 11.5 Å². The molecule has 0 unspecified atom stereocenters. The highest BCUT2D eigenvalue weighted by molar-refractivity contribution is 7.17. The summed E-state index contributed by atoms with van der Waals surface area (Å²) in [5.41, 5.74) is 5.08. The summed E-state index contributed by atoms with van der Waals surface area (Å²) in [7, 11) is 0. The van der Waals surface area contributed by atoms with Crippen LogP contribution in [0.5, 0.6) is 0 Å². The summed E-state index contributed by atoms with van der Waals surface area (Å²) in [6, 6.07) is 19.7. The smallest absolute Gasteiger partial charge is 0.276 e. The molecule has 208 valence electrons. The van der Waals surface area contributed by atoms with Crippen molar-refractivity contribution in [3.05, 3.63) is 83.0 Å². The zero-order valence-corrected chi connectivity index (χ0v) is 23.7. The van der Waals surface area contributed by atoms with Crippen molar-refractivity contribution in [3.63, 3.8) is 0 Å². The SMILES string of the molecule is O=C(CC1CC1)c1cc2c(s1)-c1ccccc1N(C(=O)c1cccc(-c3ccnc(N4CCCOCC4)c3)n1)CC2. The molecule has 1 saturated heterocycles. The summed E-state index contributed by atoms with van der Waals surface area (Å²) in [5.74, 6) is 1.59. The van der Waals surface area contributed by atoms with Gasteiger partial charge in [0.15, 0.2) is 5.78 Å². The lowest BCUT2D eigenvalue weighted by Gasteiger charge is -2.23. The molecule has 1 aromatic carbocycles. The average Bonchev–Trinajstić information content (AvgIpc) is 3.81. The molecule has 2 fully saturated rings. The Morgan fingerprint density at radius 1 is 0.976 bits per heavy atom. The van der Waals surface area contributed by atoms with E-state index in [4.69, 9.17) is 9.72 Å². The molecular weight excluding hydrogens is 532 g/mol. The Morgan fingerprint density at radius 2 is 1.88 bits per heavy atom. The fourth-order valence-electron chi connectivity index (χ4n) is 5.71. The minimum Gasteiger partial charge on any atom is -0.380 e. The van der Waals surface area contributed by atoms with E-state index in [1.165, 1.54) is 12.8 Å². The second-order valence-electron chi connectivity index (χ2n) is 11.0. The molecule has 7 rings (SSSR count). The molecule has 5 heterocycles. The number of hydrogen-bond acceptors (Lipinski definition) is 7. The van der Waals surface area contributed by atoms with E-state index in [9.17, 15) is 9.59 Å². The summed E-state index contributed by atoms with van der Waals surface area (Å²) in [5, 5.41) is 0. The highest BCUT2D eigenvalue weighted by Crippen LogP contribution is 2.43. The normalized spacial score (nSPS) is 16.9. The summed E-state index contributed by atoms with van der Waals surface area (Å²) in [6.07, 6.45) is 6.45. The van der Waals surface area contributed by atoms with Crippen LogP contribution in [-0.2, 0) is 11.2 Å². The number of ketones is 1. The first-order valence-electron chi connectivity index (χ1n) is 14.5. The number of hydrogen-bond donors (Lipinski definition) is 0. The lowest BCUT2D eigenvalue weighted by Crippen LogP contribution is -2.33. The van der Waals surface area contributed by atoms with Crippen molar-refractivity contribution in [2.24, 2.45) is 5.92 Å². The third-order valence-electron chi connectivity index (χ3n) is 8.10. The van der Waals surface area contributed by atoms with Gasteiger partial charge in [-0.25, -0.2) is 9.97 Å². The van der Waals surface area contributed by atoms with Gasteiger partial charge >= 0.3 is 0 Å². The maximum atomic E-state index is 14.0. The van der Waals surface area contributed by atoms with Crippen LogP contribution in [0.25, 0.3) is 21.7 Å². The van der Waals surface area contributed by atoms with Crippen LogP contribution in [0.1, 0.15) is 51.4 Å². The van der Waals surface area contributed by atoms with E-state index in [1.54, 1.807) is 23.6 Å². The number of benzene rings is 1. The average molecular weight is 565 g/mol. The topological polar surface area (TPSA) is 75.6 Å². The second-order valence-corrected chi connectivity index (χ2v) is 12.1. The highest BCUT2D eigenvalue weighted by atomic mass is 32.1. The monoisotopic (exact) mass is 564 g/mol. The fourth-order valence-corrected chi connectivity index (χ4v) is 6.90. The molecule has 8 heteroatoms. The summed E-state index contributed by atoms with van der Waals surface area (Å²) >= 11 is 1.57. The van der Waals surface area contributed by atoms with Crippen molar-refractivity contribution in [2.45, 2.75) is 32.1 Å². The molecule has 1 saturated carbocycles. The summed E-state index contributed by atoms with van der Waals surface area (Å²) in [6.45, 7) is 3.69. The van der Waals surface area contributed by atoms with Gasteiger partial charge in [-0.05, 0) is 73.6 Å². The quantitative estimate of drug-likeness (QED) is 0.257. The third-order valence-corrected chi connectivity index (χ3v) is 9.35. The minimum atomic E-state index is -0.126. The number of para-hydroxylation sites is 1. The summed E-state index contributed by atoms with van der Waals surface area (Å²) in [4.78, 5) is 42.3. The zero-order chi connectivity index (χ0) is 27.8. The Labute approximate surface area is 243 Å². The number of aromatic nitrogens is 2. The van der Waals surface area contributed by atoms with Gasteiger partial charge in [0.05, 0.1) is 22.9 Å². The van der Waals surface area contributed by atoms with E-state index >= 15 is 0 Å². The van der Waals surface area contributed by atoms with E-state index in [1.807, 2.05) is 47.4 Å². The van der Waals surface area contributed by atoms with E-state index in [0.29, 0.717) is 37.6 Å². The van der Waals surface area contributed by atoms with Gasteiger partial charge in [0.2, 0.25) is 0 Å².